The summed E-state index contributed by atoms with van der Waals surface area (Å²) in [6, 6.07) is 6.68. The molecular formula is C23H23F3N2O4S. The Hall–Kier alpha value is -3.01. The van der Waals surface area contributed by atoms with Gasteiger partial charge >= 0.3 is 12.1 Å². The third-order valence-electron chi connectivity index (χ3n) is 4.93. The minimum Gasteiger partial charge on any atom is -0.464 e. The van der Waals surface area contributed by atoms with Crippen LogP contribution in [0.3, 0.4) is 0 Å². The molecule has 0 unspecified atom stereocenters. The summed E-state index contributed by atoms with van der Waals surface area (Å²) >= 11 is 0.701. The number of alkyl halides is 3. The van der Waals surface area contributed by atoms with Crippen LogP contribution in [0.25, 0.3) is 11.8 Å². The molecule has 2 heterocycles. The van der Waals surface area contributed by atoms with Crippen LogP contribution < -0.4 is 0 Å². The number of nitrogens with zero attached hydrogens (tertiary/aromatic N) is 2. The molecule has 1 aromatic carbocycles. The fourth-order valence-electron chi connectivity index (χ4n) is 3.36. The van der Waals surface area contributed by atoms with Crippen molar-refractivity contribution in [1.29, 1.82) is 0 Å². The van der Waals surface area contributed by atoms with Crippen molar-refractivity contribution in [2.45, 2.75) is 33.9 Å². The number of esters is 1. The van der Waals surface area contributed by atoms with Gasteiger partial charge in [-0.25, -0.2) is 0 Å². The van der Waals surface area contributed by atoms with Crippen LogP contribution in [0.5, 0.6) is 0 Å². The molecule has 2 aromatic rings. The number of benzene rings is 1. The van der Waals surface area contributed by atoms with E-state index in [4.69, 9.17) is 4.74 Å². The van der Waals surface area contributed by atoms with Crippen molar-refractivity contribution in [2.75, 3.05) is 13.2 Å². The van der Waals surface area contributed by atoms with E-state index in [1.54, 1.807) is 30.5 Å². The number of aromatic nitrogens is 1. The van der Waals surface area contributed by atoms with E-state index in [2.05, 4.69) is 0 Å². The molecule has 0 spiro atoms. The van der Waals surface area contributed by atoms with Crippen LogP contribution in [0.15, 0.2) is 35.2 Å². The predicted octanol–water partition coefficient (Wildman–Crippen LogP) is 5.35. The molecule has 2 amide bonds. The summed E-state index contributed by atoms with van der Waals surface area (Å²) in [5.74, 6) is -1.17. The van der Waals surface area contributed by atoms with Crippen molar-refractivity contribution < 1.29 is 32.3 Å². The molecule has 6 nitrogen and oxygen atoms in total. The zero-order valence-electron chi connectivity index (χ0n) is 18.5. The lowest BCUT2D eigenvalue weighted by molar-refractivity contribution is -0.147. The summed E-state index contributed by atoms with van der Waals surface area (Å²) in [7, 11) is 0. The maximum Gasteiger partial charge on any atom is 0.416 e. The molecular weight excluding hydrogens is 457 g/mol. The Morgan fingerprint density at radius 1 is 1.18 bits per heavy atom. The Bertz CT molecular complexity index is 1140. The minimum absolute atomic E-state index is 0.121. The number of imide groups is 1. The number of carbonyl (C=O) groups is 3. The van der Waals surface area contributed by atoms with Gasteiger partial charge in [-0.2, -0.15) is 13.2 Å². The first-order valence-electron chi connectivity index (χ1n) is 10.2. The molecule has 1 aliphatic rings. The van der Waals surface area contributed by atoms with Gasteiger partial charge in [-0.3, -0.25) is 19.3 Å². The highest BCUT2D eigenvalue weighted by atomic mass is 32.2. The molecule has 10 heteroatoms. The molecule has 3 rings (SSSR count). The van der Waals surface area contributed by atoms with E-state index in [0.29, 0.717) is 34.4 Å². The lowest BCUT2D eigenvalue weighted by atomic mass is 10.2. The van der Waals surface area contributed by atoms with E-state index in [1.165, 1.54) is 12.1 Å². The molecule has 33 heavy (non-hydrogen) atoms. The molecule has 0 aliphatic carbocycles. The Kier molecular flexibility index (Phi) is 7.06. The molecule has 1 aromatic heterocycles. The molecule has 0 bridgehead atoms. The maximum absolute atomic E-state index is 13.1. The molecule has 0 saturated carbocycles. The van der Waals surface area contributed by atoms with Gasteiger partial charge in [0.1, 0.15) is 6.54 Å². The van der Waals surface area contributed by atoms with Crippen molar-refractivity contribution in [2.24, 2.45) is 5.92 Å². The van der Waals surface area contributed by atoms with Crippen LogP contribution >= 0.6 is 11.8 Å². The third kappa shape index (κ3) is 5.50. The lowest BCUT2D eigenvalue weighted by Crippen LogP contribution is -2.34. The number of ether oxygens (including phenoxy) is 1. The molecule has 1 saturated heterocycles. The summed E-state index contributed by atoms with van der Waals surface area (Å²) in [5, 5.41) is -0.584. The Labute approximate surface area is 193 Å². The Balaban J connectivity index is 1.86. The van der Waals surface area contributed by atoms with Gasteiger partial charge in [-0.05, 0) is 67.4 Å². The van der Waals surface area contributed by atoms with Gasteiger partial charge < -0.3 is 9.30 Å². The summed E-state index contributed by atoms with van der Waals surface area (Å²) < 4.78 is 46.1. The highest BCUT2D eigenvalue weighted by Crippen LogP contribution is 2.35. The van der Waals surface area contributed by atoms with E-state index >= 15 is 0 Å². The standard InChI is InChI=1S/C23H23F3N2O4S/c1-13(2)12-32-20(29)11-27-21(30)19(33-22(27)31)9-16-8-14(3)28(15(16)4)18-7-5-6-17(10-18)23(24,25)26/h5-10,13H,11-12H2,1-4H3/b19-9-. The van der Waals surface area contributed by atoms with Crippen LogP contribution in [0, 0.1) is 19.8 Å². The van der Waals surface area contributed by atoms with E-state index in [-0.39, 0.29) is 17.4 Å². The van der Waals surface area contributed by atoms with Gasteiger partial charge in [-0.15, -0.1) is 0 Å². The summed E-state index contributed by atoms with van der Waals surface area (Å²) in [6.07, 6.45) is -2.96. The number of carbonyl (C=O) groups excluding carboxylic acids is 3. The van der Waals surface area contributed by atoms with Gasteiger partial charge in [0, 0.05) is 17.1 Å². The quantitative estimate of drug-likeness (QED) is 0.412. The van der Waals surface area contributed by atoms with Crippen molar-refractivity contribution in [1.82, 2.24) is 9.47 Å². The second kappa shape index (κ2) is 9.46. The highest BCUT2D eigenvalue weighted by molar-refractivity contribution is 8.18. The second-order valence-electron chi connectivity index (χ2n) is 8.05. The Morgan fingerprint density at radius 2 is 1.88 bits per heavy atom. The van der Waals surface area contributed by atoms with Crippen LogP contribution in [-0.2, 0) is 20.5 Å². The molecule has 176 valence electrons. The zero-order valence-corrected chi connectivity index (χ0v) is 19.3. The van der Waals surface area contributed by atoms with Gasteiger partial charge in [-0.1, -0.05) is 19.9 Å². The number of halogens is 3. The lowest BCUT2D eigenvalue weighted by Gasteiger charge is -2.13. The monoisotopic (exact) mass is 480 g/mol. The smallest absolute Gasteiger partial charge is 0.416 e. The van der Waals surface area contributed by atoms with Crippen molar-refractivity contribution in [3.8, 4) is 5.69 Å². The molecule has 0 atom stereocenters. The molecule has 1 aliphatic heterocycles. The van der Waals surface area contributed by atoms with Crippen LogP contribution in [0.2, 0.25) is 0 Å². The van der Waals surface area contributed by atoms with Gasteiger partial charge in [0.15, 0.2) is 0 Å². The average Bonchev–Trinajstić information content (AvgIpc) is 3.15. The summed E-state index contributed by atoms with van der Waals surface area (Å²) in [5.41, 5.74) is 1.42. The zero-order chi connectivity index (χ0) is 24.5. The van der Waals surface area contributed by atoms with Gasteiger partial charge in [0.25, 0.3) is 11.1 Å². The number of hydrogen-bond acceptors (Lipinski definition) is 5. The van der Waals surface area contributed by atoms with Crippen LogP contribution in [-0.4, -0.2) is 39.7 Å². The SMILES string of the molecule is Cc1cc(/C=C2\SC(=O)N(CC(=O)OCC(C)C)C2=O)c(C)n1-c1cccc(C(F)(F)F)c1. The fraction of sp³-hybridized carbons (Fsp3) is 0.348. The predicted molar refractivity (Wildman–Crippen MR) is 119 cm³/mol. The topological polar surface area (TPSA) is 68.6 Å². The van der Waals surface area contributed by atoms with E-state index in [9.17, 15) is 27.6 Å². The first kappa shape index (κ1) is 24.6. The number of aryl methyl sites for hydroxylation is 1. The van der Waals surface area contributed by atoms with Crippen LogP contribution in [0.4, 0.5) is 18.0 Å². The van der Waals surface area contributed by atoms with Crippen molar-refractivity contribution in [3.05, 3.63) is 57.8 Å². The highest BCUT2D eigenvalue weighted by Gasteiger charge is 2.37. The number of thioether (sulfide) groups is 1. The van der Waals surface area contributed by atoms with Crippen molar-refractivity contribution in [3.63, 3.8) is 0 Å². The first-order chi connectivity index (χ1) is 15.4. The van der Waals surface area contributed by atoms with Crippen LogP contribution in [0.1, 0.15) is 36.4 Å². The summed E-state index contributed by atoms with van der Waals surface area (Å²) in [4.78, 5) is 37.9. The maximum atomic E-state index is 13.1. The average molecular weight is 481 g/mol. The molecule has 0 N–H and O–H groups in total. The minimum atomic E-state index is -4.47. The summed E-state index contributed by atoms with van der Waals surface area (Å²) in [6.45, 7) is 6.90. The van der Waals surface area contributed by atoms with Gasteiger partial charge in [0.05, 0.1) is 17.1 Å². The first-order valence-corrected chi connectivity index (χ1v) is 11.0. The van der Waals surface area contributed by atoms with Gasteiger partial charge in [0.2, 0.25) is 0 Å². The van der Waals surface area contributed by atoms with Crippen molar-refractivity contribution >= 4 is 35.0 Å². The largest absolute Gasteiger partial charge is 0.464 e. The van der Waals surface area contributed by atoms with E-state index < -0.39 is 35.4 Å². The number of hydrogen-bond donors (Lipinski definition) is 0. The Morgan fingerprint density at radius 3 is 2.52 bits per heavy atom. The second-order valence-corrected chi connectivity index (χ2v) is 9.05. The molecule has 1 fully saturated rings. The number of amides is 2. The molecule has 0 radical (unpaired) electrons. The fourth-order valence-corrected chi connectivity index (χ4v) is 4.19. The normalized spacial score (nSPS) is 15.8. The van der Waals surface area contributed by atoms with E-state index in [1.807, 2.05) is 13.8 Å². The third-order valence-corrected chi connectivity index (χ3v) is 5.83. The number of rotatable bonds is 6. The van der Waals surface area contributed by atoms with E-state index in [0.717, 1.165) is 17.0 Å².